The summed E-state index contributed by atoms with van der Waals surface area (Å²) in [5.41, 5.74) is 11.5. The maximum atomic E-state index is 12.7. The van der Waals surface area contributed by atoms with Crippen LogP contribution in [-0.4, -0.2) is 57.4 Å². The molecule has 0 saturated carbocycles. The normalized spacial score (nSPS) is 23.0. The Hall–Kier alpha value is -3.63. The topological polar surface area (TPSA) is 132 Å². The maximum Gasteiger partial charge on any atom is 0.165 e. The van der Waals surface area contributed by atoms with Crippen LogP contribution in [0, 0.1) is 0 Å². The van der Waals surface area contributed by atoms with Gasteiger partial charge in [-0.15, -0.1) is 0 Å². The number of sulfone groups is 1. The Labute approximate surface area is 208 Å². The third kappa shape index (κ3) is 3.96. The van der Waals surface area contributed by atoms with Gasteiger partial charge >= 0.3 is 0 Å². The highest BCUT2D eigenvalue weighted by atomic mass is 32.2. The van der Waals surface area contributed by atoms with E-state index in [0.717, 1.165) is 22.4 Å². The zero-order valence-corrected chi connectivity index (χ0v) is 20.6. The van der Waals surface area contributed by atoms with E-state index in [4.69, 9.17) is 10.7 Å². The van der Waals surface area contributed by atoms with Crippen LogP contribution in [0.1, 0.15) is 41.7 Å². The van der Waals surface area contributed by atoms with E-state index in [1.54, 1.807) is 12.4 Å². The van der Waals surface area contributed by atoms with Gasteiger partial charge in [-0.2, -0.15) is 9.61 Å². The summed E-state index contributed by atoms with van der Waals surface area (Å²) in [6, 6.07) is 13.5. The lowest BCUT2D eigenvalue weighted by Gasteiger charge is -2.40. The molecule has 36 heavy (non-hydrogen) atoms. The molecule has 9 nitrogen and oxygen atoms in total. The number of nitrogens with zero attached hydrogens (tertiary/aromatic N) is 4. The summed E-state index contributed by atoms with van der Waals surface area (Å²) in [6.45, 7) is 1.48. The zero-order valence-electron chi connectivity index (χ0n) is 19.8. The zero-order chi connectivity index (χ0) is 25.0. The number of aromatic nitrogens is 4. The van der Waals surface area contributed by atoms with Crippen molar-refractivity contribution in [3.8, 4) is 22.4 Å². The van der Waals surface area contributed by atoms with Crippen molar-refractivity contribution in [1.29, 1.82) is 0 Å². The molecule has 4 aromatic rings. The van der Waals surface area contributed by atoms with Crippen LogP contribution >= 0.6 is 0 Å². The molecule has 1 aromatic carbocycles. The van der Waals surface area contributed by atoms with Crippen molar-refractivity contribution in [2.45, 2.75) is 37.8 Å². The van der Waals surface area contributed by atoms with Crippen LogP contribution in [-0.2, 0) is 9.84 Å². The van der Waals surface area contributed by atoms with Gasteiger partial charge in [-0.05, 0) is 25.8 Å². The van der Waals surface area contributed by atoms with Crippen LogP contribution in [0.15, 0.2) is 54.9 Å². The molecule has 2 atom stereocenters. The van der Waals surface area contributed by atoms with Crippen LogP contribution in [0.5, 0.6) is 0 Å². The molecule has 2 fully saturated rings. The highest BCUT2D eigenvalue weighted by Gasteiger charge is 2.40. The highest BCUT2D eigenvalue weighted by Crippen LogP contribution is 2.37. The number of carbonyl (C=O) groups excluding carboxylic acids is 1. The molecule has 2 aliphatic rings. The van der Waals surface area contributed by atoms with Crippen LogP contribution in [0.25, 0.3) is 28.0 Å². The highest BCUT2D eigenvalue weighted by molar-refractivity contribution is 7.91. The molecule has 3 aromatic heterocycles. The third-order valence-electron chi connectivity index (χ3n) is 7.11. The number of ketones is 1. The standard InChI is InChI=1S/C26H26N6O3S/c1-15(33)23-24(18-9-19-13-36(34,35)14-20(10-18)30-19)31-26-21(12-29-32(26)25(23)27)17-7-8-22(28-11-17)16-5-3-2-4-6-16/h2-8,11-12,18-20,30H,9-10,13-14,27H2,1H3. The summed E-state index contributed by atoms with van der Waals surface area (Å²) in [4.78, 5) is 22.3. The Balaban J connectivity index is 1.43. The molecule has 2 unspecified atom stereocenters. The first-order chi connectivity index (χ1) is 17.3. The number of hydrogen-bond acceptors (Lipinski definition) is 8. The molecule has 0 spiro atoms. The first-order valence-electron chi connectivity index (χ1n) is 12.0. The molecule has 0 radical (unpaired) electrons. The number of Topliss-reactive ketones (excluding diaryl/α,β-unsaturated/α-hetero) is 1. The summed E-state index contributed by atoms with van der Waals surface area (Å²) in [5, 5.41) is 7.85. The van der Waals surface area contributed by atoms with Crippen molar-refractivity contribution in [3.63, 3.8) is 0 Å². The lowest BCUT2D eigenvalue weighted by atomic mass is 9.84. The summed E-state index contributed by atoms with van der Waals surface area (Å²) >= 11 is 0. The van der Waals surface area contributed by atoms with Crippen molar-refractivity contribution in [2.75, 3.05) is 17.2 Å². The Morgan fingerprint density at radius 2 is 1.75 bits per heavy atom. The molecule has 0 amide bonds. The number of nitrogen functional groups attached to an aromatic ring is 1. The molecule has 2 aliphatic heterocycles. The van der Waals surface area contributed by atoms with Gasteiger partial charge in [0.2, 0.25) is 0 Å². The number of rotatable bonds is 4. The minimum Gasteiger partial charge on any atom is -0.383 e. The molecule has 184 valence electrons. The fourth-order valence-corrected chi connectivity index (χ4v) is 7.44. The van der Waals surface area contributed by atoms with Crippen molar-refractivity contribution in [3.05, 3.63) is 66.1 Å². The van der Waals surface area contributed by atoms with E-state index in [9.17, 15) is 13.2 Å². The van der Waals surface area contributed by atoms with E-state index < -0.39 is 9.84 Å². The fourth-order valence-electron chi connectivity index (χ4n) is 5.61. The van der Waals surface area contributed by atoms with E-state index >= 15 is 0 Å². The summed E-state index contributed by atoms with van der Waals surface area (Å²) in [6.07, 6.45) is 4.63. The average Bonchev–Trinajstić information content (AvgIpc) is 3.27. The van der Waals surface area contributed by atoms with Crippen molar-refractivity contribution in [2.24, 2.45) is 0 Å². The second kappa shape index (κ2) is 8.49. The number of piperidine rings is 1. The fraction of sp³-hybridized carbons (Fsp3) is 0.308. The molecule has 6 rings (SSSR count). The quantitative estimate of drug-likeness (QED) is 0.407. The van der Waals surface area contributed by atoms with Gasteiger partial charge in [-0.3, -0.25) is 9.78 Å². The average molecular weight is 503 g/mol. The molecule has 0 aliphatic carbocycles. The van der Waals surface area contributed by atoms with Gasteiger partial charge in [0.15, 0.2) is 21.3 Å². The van der Waals surface area contributed by atoms with Gasteiger partial charge in [0, 0.05) is 40.9 Å². The van der Waals surface area contributed by atoms with Crippen molar-refractivity contribution >= 4 is 27.1 Å². The van der Waals surface area contributed by atoms with Gasteiger partial charge in [-0.1, -0.05) is 36.4 Å². The second-order valence-electron chi connectivity index (χ2n) is 9.71. The number of pyridine rings is 1. The second-order valence-corrected chi connectivity index (χ2v) is 11.9. The van der Waals surface area contributed by atoms with Crippen molar-refractivity contribution in [1.82, 2.24) is 24.9 Å². The SMILES string of the molecule is CC(=O)c1c(C2CC3CS(=O)(=O)CC(C2)N3)nc2c(-c3ccc(-c4ccccc4)nc3)cnn2c1N. The van der Waals surface area contributed by atoms with Gasteiger partial charge < -0.3 is 11.1 Å². The number of nitrogens with one attached hydrogen (secondary N) is 1. The smallest absolute Gasteiger partial charge is 0.165 e. The van der Waals surface area contributed by atoms with E-state index in [-0.39, 0.29) is 41.1 Å². The Bertz CT molecular complexity index is 1560. The number of fused-ring (bicyclic) bond motifs is 3. The lowest BCUT2D eigenvalue weighted by Crippen LogP contribution is -2.56. The van der Waals surface area contributed by atoms with Crippen molar-refractivity contribution < 1.29 is 13.2 Å². The van der Waals surface area contributed by atoms with Gasteiger partial charge in [0.1, 0.15) is 5.82 Å². The molecule has 2 saturated heterocycles. The molecular formula is C26H26N6O3S. The first-order valence-corrected chi connectivity index (χ1v) is 13.8. The van der Waals surface area contributed by atoms with Gasteiger partial charge in [0.05, 0.1) is 34.7 Å². The number of hydrogen-bond donors (Lipinski definition) is 2. The van der Waals surface area contributed by atoms with E-state index in [0.29, 0.717) is 29.7 Å². The van der Waals surface area contributed by atoms with Crippen LogP contribution in [0.3, 0.4) is 0 Å². The Kier molecular flexibility index (Phi) is 5.38. The van der Waals surface area contributed by atoms with Crippen LogP contribution in [0.4, 0.5) is 5.82 Å². The van der Waals surface area contributed by atoms with E-state index in [1.165, 1.54) is 11.4 Å². The number of carbonyl (C=O) groups is 1. The molecule has 5 heterocycles. The lowest BCUT2D eigenvalue weighted by molar-refractivity contribution is 0.101. The maximum absolute atomic E-state index is 12.7. The molecule has 10 heteroatoms. The van der Waals surface area contributed by atoms with Crippen LogP contribution in [0.2, 0.25) is 0 Å². The van der Waals surface area contributed by atoms with E-state index in [1.807, 2.05) is 42.5 Å². The van der Waals surface area contributed by atoms with Crippen LogP contribution < -0.4 is 11.1 Å². The third-order valence-corrected chi connectivity index (χ3v) is 8.93. The van der Waals surface area contributed by atoms with Gasteiger partial charge in [-0.25, -0.2) is 13.4 Å². The Morgan fingerprint density at radius 3 is 2.39 bits per heavy atom. The summed E-state index contributed by atoms with van der Waals surface area (Å²) in [7, 11) is -3.07. The summed E-state index contributed by atoms with van der Waals surface area (Å²) < 4.78 is 26.0. The number of benzene rings is 1. The minimum absolute atomic E-state index is 0.0794. The monoisotopic (exact) mass is 502 g/mol. The molecular weight excluding hydrogens is 476 g/mol. The predicted molar refractivity (Wildman–Crippen MR) is 137 cm³/mol. The van der Waals surface area contributed by atoms with Gasteiger partial charge in [0.25, 0.3) is 0 Å². The number of anilines is 1. The predicted octanol–water partition coefficient (Wildman–Crippen LogP) is 2.88. The molecule has 3 N–H and O–H groups in total. The van der Waals surface area contributed by atoms with E-state index in [2.05, 4.69) is 15.4 Å². The Morgan fingerprint density at radius 1 is 1.03 bits per heavy atom. The first kappa shape index (κ1) is 22.8. The number of nitrogens with two attached hydrogens (primary N) is 1. The largest absolute Gasteiger partial charge is 0.383 e. The molecule has 2 bridgehead atoms. The summed E-state index contributed by atoms with van der Waals surface area (Å²) in [5.74, 6) is 0.192. The minimum atomic E-state index is -3.07.